The Bertz CT molecular complexity index is 617. The predicted molar refractivity (Wildman–Crippen MR) is 89.9 cm³/mol. The summed E-state index contributed by atoms with van der Waals surface area (Å²) in [5.74, 6) is -3.43. The molecule has 3 aliphatic rings. The van der Waals surface area contributed by atoms with Gasteiger partial charge in [-0.3, -0.25) is 9.69 Å². The molecule has 0 bridgehead atoms. The molecule has 0 saturated carbocycles. The molecule has 2 fully saturated rings. The summed E-state index contributed by atoms with van der Waals surface area (Å²) in [6, 6.07) is -0.158. The molecule has 2 saturated heterocycles. The van der Waals surface area contributed by atoms with Gasteiger partial charge in [-0.2, -0.15) is 0 Å². The Kier molecular flexibility index (Phi) is 5.13. The lowest BCUT2D eigenvalue weighted by Gasteiger charge is -2.37. The van der Waals surface area contributed by atoms with Gasteiger partial charge >= 0.3 is 11.9 Å². The van der Waals surface area contributed by atoms with Crippen molar-refractivity contribution in [3.63, 3.8) is 0 Å². The third kappa shape index (κ3) is 2.94. The summed E-state index contributed by atoms with van der Waals surface area (Å²) in [5, 5.41) is 31.5. The predicted octanol–water partition coefficient (Wildman–Crippen LogP) is -0.786. The average molecular weight is 369 g/mol. The fourth-order valence-corrected chi connectivity index (χ4v) is 4.20. The number of nitrogens with zero attached hydrogens (tertiary/aromatic N) is 1. The van der Waals surface area contributed by atoms with Gasteiger partial charge in [0.1, 0.15) is 18.8 Å². The van der Waals surface area contributed by atoms with E-state index in [9.17, 15) is 24.9 Å². The van der Waals surface area contributed by atoms with Gasteiger partial charge in [0.2, 0.25) is 5.60 Å². The minimum atomic E-state index is -2.62. The summed E-state index contributed by atoms with van der Waals surface area (Å²) in [6.45, 7) is 5.92. The SMILES string of the molecule is CC(C)[C@@H]1C(=O)O[C@@H]2CCN3CC=C(COC(=O)[C@@](O)([C@H](C)O)[C@@H]1O)[C@H]23. The maximum absolute atomic E-state index is 12.8. The molecular weight excluding hydrogens is 342 g/mol. The number of cyclic esters (lactones) is 1. The molecule has 0 amide bonds. The number of hydrogen-bond donors (Lipinski definition) is 3. The normalized spacial score (nSPS) is 39.7. The van der Waals surface area contributed by atoms with Crippen molar-refractivity contribution in [2.75, 3.05) is 19.7 Å². The van der Waals surface area contributed by atoms with E-state index in [4.69, 9.17) is 9.47 Å². The maximum Gasteiger partial charge on any atom is 0.344 e. The lowest BCUT2D eigenvalue weighted by Crippen LogP contribution is -2.62. The van der Waals surface area contributed by atoms with Crippen molar-refractivity contribution >= 4 is 11.9 Å². The lowest BCUT2D eigenvalue weighted by molar-refractivity contribution is -0.206. The Morgan fingerprint density at radius 1 is 1.31 bits per heavy atom. The van der Waals surface area contributed by atoms with Crippen molar-refractivity contribution in [2.24, 2.45) is 11.8 Å². The third-order valence-electron chi connectivity index (χ3n) is 5.80. The van der Waals surface area contributed by atoms with E-state index in [0.717, 1.165) is 12.1 Å². The first-order valence-electron chi connectivity index (χ1n) is 9.07. The molecule has 3 rings (SSSR count). The number of rotatable bonds is 2. The first-order chi connectivity index (χ1) is 12.2. The number of esters is 2. The Labute approximate surface area is 152 Å². The molecule has 0 spiro atoms. The molecule has 8 heteroatoms. The smallest absolute Gasteiger partial charge is 0.344 e. The highest BCUT2D eigenvalue weighted by molar-refractivity contribution is 5.83. The van der Waals surface area contributed by atoms with Crippen molar-refractivity contribution in [2.45, 2.75) is 57.1 Å². The van der Waals surface area contributed by atoms with Crippen molar-refractivity contribution < 1.29 is 34.4 Å². The first-order valence-corrected chi connectivity index (χ1v) is 9.07. The summed E-state index contributed by atoms with van der Waals surface area (Å²) in [5.41, 5.74) is -1.81. The van der Waals surface area contributed by atoms with E-state index < -0.39 is 41.6 Å². The molecular formula is C18H27NO7. The second-order valence-corrected chi connectivity index (χ2v) is 7.77. The molecule has 3 aliphatic heterocycles. The van der Waals surface area contributed by atoms with Crippen LogP contribution in [0.5, 0.6) is 0 Å². The van der Waals surface area contributed by atoms with Crippen LogP contribution < -0.4 is 0 Å². The summed E-state index contributed by atoms with van der Waals surface area (Å²) in [7, 11) is 0. The Balaban J connectivity index is 2.01. The summed E-state index contributed by atoms with van der Waals surface area (Å²) in [6.07, 6.45) is -1.29. The summed E-state index contributed by atoms with van der Waals surface area (Å²) >= 11 is 0. The van der Waals surface area contributed by atoms with Gasteiger partial charge in [0.05, 0.1) is 18.1 Å². The van der Waals surface area contributed by atoms with Crippen molar-refractivity contribution in [3.05, 3.63) is 11.6 Å². The van der Waals surface area contributed by atoms with Crippen LogP contribution in [-0.4, -0.2) is 81.8 Å². The zero-order valence-electron chi connectivity index (χ0n) is 15.3. The number of carbonyl (C=O) groups is 2. The second-order valence-electron chi connectivity index (χ2n) is 7.77. The Morgan fingerprint density at radius 3 is 2.62 bits per heavy atom. The van der Waals surface area contributed by atoms with Gasteiger partial charge in [-0.05, 0) is 24.8 Å². The number of aliphatic hydroxyl groups excluding tert-OH is 2. The van der Waals surface area contributed by atoms with Crippen LogP contribution in [0.2, 0.25) is 0 Å². The highest BCUT2D eigenvalue weighted by Crippen LogP contribution is 2.36. The fourth-order valence-electron chi connectivity index (χ4n) is 4.20. The zero-order chi connectivity index (χ0) is 19.2. The molecule has 26 heavy (non-hydrogen) atoms. The van der Waals surface area contributed by atoms with Crippen LogP contribution >= 0.6 is 0 Å². The molecule has 0 unspecified atom stereocenters. The lowest BCUT2D eigenvalue weighted by atomic mass is 9.78. The summed E-state index contributed by atoms with van der Waals surface area (Å²) < 4.78 is 11.0. The zero-order valence-corrected chi connectivity index (χ0v) is 15.3. The van der Waals surface area contributed by atoms with Crippen molar-refractivity contribution in [1.82, 2.24) is 4.90 Å². The van der Waals surface area contributed by atoms with E-state index in [1.54, 1.807) is 13.8 Å². The van der Waals surface area contributed by atoms with Gasteiger partial charge in [-0.25, -0.2) is 4.79 Å². The quantitative estimate of drug-likeness (QED) is 0.429. The molecule has 146 valence electrons. The molecule has 0 aromatic carbocycles. The average Bonchev–Trinajstić information content (AvgIpc) is 3.13. The largest absolute Gasteiger partial charge is 0.460 e. The summed E-state index contributed by atoms with van der Waals surface area (Å²) in [4.78, 5) is 27.5. The van der Waals surface area contributed by atoms with E-state index in [1.165, 1.54) is 6.92 Å². The van der Waals surface area contributed by atoms with E-state index in [1.807, 2.05) is 6.08 Å². The van der Waals surface area contributed by atoms with E-state index >= 15 is 0 Å². The fraction of sp³-hybridized carbons (Fsp3) is 0.778. The van der Waals surface area contributed by atoms with Gasteiger partial charge in [0.25, 0.3) is 0 Å². The highest BCUT2D eigenvalue weighted by Gasteiger charge is 2.56. The number of ether oxygens (including phenoxy) is 2. The van der Waals surface area contributed by atoms with Gasteiger partial charge in [0.15, 0.2) is 0 Å². The highest BCUT2D eigenvalue weighted by atomic mass is 16.6. The molecule has 0 radical (unpaired) electrons. The third-order valence-corrected chi connectivity index (χ3v) is 5.80. The monoisotopic (exact) mass is 369 g/mol. The second kappa shape index (κ2) is 6.92. The standard InChI is InChI=1S/C18H27NO7/c1-9(2)13-15(21)18(24,10(3)20)17(23)25-8-11-4-6-19-7-5-12(14(11)19)26-16(13)22/h4,9-10,12-15,20-21,24H,5-8H2,1-3H3/t10-,12+,13-,14+,15+,18+/m0/s1. The van der Waals surface area contributed by atoms with Gasteiger partial charge < -0.3 is 24.8 Å². The van der Waals surface area contributed by atoms with Crippen molar-refractivity contribution in [1.29, 1.82) is 0 Å². The van der Waals surface area contributed by atoms with Crippen LogP contribution in [0.25, 0.3) is 0 Å². The number of hydrogen-bond acceptors (Lipinski definition) is 8. The number of carbonyl (C=O) groups excluding carboxylic acids is 2. The van der Waals surface area contributed by atoms with E-state index in [0.29, 0.717) is 13.0 Å². The topological polar surface area (TPSA) is 117 Å². The van der Waals surface area contributed by atoms with Crippen LogP contribution in [0.1, 0.15) is 27.2 Å². The van der Waals surface area contributed by atoms with Crippen LogP contribution in [0.4, 0.5) is 0 Å². The van der Waals surface area contributed by atoms with Gasteiger partial charge in [-0.15, -0.1) is 0 Å². The van der Waals surface area contributed by atoms with Crippen LogP contribution in [0, 0.1) is 11.8 Å². The molecule has 3 N–H and O–H groups in total. The first kappa shape index (κ1) is 19.3. The van der Waals surface area contributed by atoms with Gasteiger partial charge in [0, 0.05) is 13.1 Å². The van der Waals surface area contributed by atoms with E-state index in [2.05, 4.69) is 4.90 Å². The minimum absolute atomic E-state index is 0.0812. The van der Waals surface area contributed by atoms with Crippen LogP contribution in [0.15, 0.2) is 11.6 Å². The number of aliphatic hydroxyl groups is 3. The molecule has 3 heterocycles. The van der Waals surface area contributed by atoms with Gasteiger partial charge in [-0.1, -0.05) is 19.9 Å². The molecule has 6 atom stereocenters. The molecule has 0 aromatic heterocycles. The molecule has 8 nitrogen and oxygen atoms in total. The maximum atomic E-state index is 12.8. The molecule has 0 aliphatic carbocycles. The van der Waals surface area contributed by atoms with E-state index in [-0.39, 0.29) is 18.8 Å². The van der Waals surface area contributed by atoms with Crippen LogP contribution in [0.3, 0.4) is 0 Å². The Hall–Kier alpha value is -1.48. The minimum Gasteiger partial charge on any atom is -0.460 e. The Morgan fingerprint density at radius 2 is 2.00 bits per heavy atom. The molecule has 0 aromatic rings. The van der Waals surface area contributed by atoms with Crippen LogP contribution in [-0.2, 0) is 19.1 Å². The van der Waals surface area contributed by atoms with Crippen molar-refractivity contribution in [3.8, 4) is 0 Å².